The fourth-order valence-corrected chi connectivity index (χ4v) is 5.87. The van der Waals surface area contributed by atoms with Crippen molar-refractivity contribution >= 4 is 22.1 Å². The van der Waals surface area contributed by atoms with Crippen LogP contribution in [0.2, 0.25) is 0 Å². The Morgan fingerprint density at radius 1 is 0.930 bits per heavy atom. The summed E-state index contributed by atoms with van der Waals surface area (Å²) in [6, 6.07) is 10.7. The number of rotatable bonds is 8. The number of imidazole rings is 1. The second kappa shape index (κ2) is 11.3. The van der Waals surface area contributed by atoms with Crippen molar-refractivity contribution < 1.29 is 4.39 Å². The number of pyridine rings is 3. The van der Waals surface area contributed by atoms with Gasteiger partial charge in [0.05, 0.1) is 28.4 Å². The number of likely N-dealkylation sites (tertiary alicyclic amines) is 1. The van der Waals surface area contributed by atoms with E-state index in [9.17, 15) is 4.39 Å². The summed E-state index contributed by atoms with van der Waals surface area (Å²) >= 11 is 0. The molecule has 0 aliphatic carbocycles. The van der Waals surface area contributed by atoms with Gasteiger partial charge in [-0.15, -0.1) is 0 Å². The maximum atomic E-state index is 14.8. The van der Waals surface area contributed by atoms with Crippen molar-refractivity contribution in [1.29, 1.82) is 0 Å². The smallest absolute Gasteiger partial charge is 0.161 e. The SMILES string of the molecule is CN(C)CC(N)c1cc(F)cc(-c2cncc3[nH]c(-c4n[nH]c5ccc(-c6cncc(CN7CCCC7)c6)nc45)nc23)c1. The third kappa shape index (κ3) is 5.50. The van der Waals surface area contributed by atoms with Crippen LogP contribution in [0.15, 0.2) is 61.2 Å². The Labute approximate surface area is 248 Å². The van der Waals surface area contributed by atoms with Gasteiger partial charge in [0.1, 0.15) is 11.3 Å². The van der Waals surface area contributed by atoms with Crippen molar-refractivity contribution in [3.63, 3.8) is 0 Å². The van der Waals surface area contributed by atoms with Crippen molar-refractivity contribution in [2.24, 2.45) is 5.73 Å². The Hall–Kier alpha value is -4.58. The van der Waals surface area contributed by atoms with Crippen LogP contribution in [0.4, 0.5) is 4.39 Å². The second-order valence-electron chi connectivity index (χ2n) is 11.5. The zero-order valence-electron chi connectivity index (χ0n) is 24.2. The van der Waals surface area contributed by atoms with Crippen LogP contribution in [0.1, 0.15) is 30.0 Å². The molecular formula is C32H33FN10. The summed E-state index contributed by atoms with van der Waals surface area (Å²) < 4.78 is 14.8. The first kappa shape index (κ1) is 27.3. The van der Waals surface area contributed by atoms with E-state index in [1.807, 2.05) is 49.6 Å². The molecule has 1 aliphatic rings. The van der Waals surface area contributed by atoms with E-state index in [4.69, 9.17) is 15.7 Å². The van der Waals surface area contributed by atoms with Gasteiger partial charge < -0.3 is 15.6 Å². The molecule has 1 unspecified atom stereocenters. The summed E-state index contributed by atoms with van der Waals surface area (Å²) in [6.07, 6.45) is 9.69. The van der Waals surface area contributed by atoms with Crippen LogP contribution < -0.4 is 5.73 Å². The summed E-state index contributed by atoms with van der Waals surface area (Å²) in [5.41, 5.74) is 14.8. The lowest BCUT2D eigenvalue weighted by molar-refractivity contribution is 0.331. The van der Waals surface area contributed by atoms with Crippen molar-refractivity contribution in [1.82, 2.24) is 44.9 Å². The molecule has 5 aromatic heterocycles. The van der Waals surface area contributed by atoms with Crippen LogP contribution in [0.25, 0.3) is 56.0 Å². The predicted octanol–water partition coefficient (Wildman–Crippen LogP) is 4.92. The third-order valence-corrected chi connectivity index (χ3v) is 7.94. The molecule has 11 heteroatoms. The highest BCUT2D eigenvalue weighted by atomic mass is 19.1. The Morgan fingerprint density at radius 2 is 1.77 bits per heavy atom. The first-order valence-corrected chi connectivity index (χ1v) is 14.5. The Balaban J connectivity index is 1.25. The van der Waals surface area contributed by atoms with Crippen molar-refractivity contribution in [2.45, 2.75) is 25.4 Å². The molecule has 43 heavy (non-hydrogen) atoms. The van der Waals surface area contributed by atoms with Crippen molar-refractivity contribution in [2.75, 3.05) is 33.7 Å². The number of halogens is 1. The number of likely N-dealkylation sites (N-methyl/N-ethyl adjacent to an activating group) is 1. The van der Waals surface area contributed by atoms with Gasteiger partial charge in [-0.25, -0.2) is 14.4 Å². The number of fused-ring (bicyclic) bond motifs is 2. The molecule has 6 heterocycles. The van der Waals surface area contributed by atoms with Gasteiger partial charge in [-0.3, -0.25) is 20.0 Å². The molecule has 0 saturated carbocycles. The van der Waals surface area contributed by atoms with Crippen LogP contribution in [-0.4, -0.2) is 78.6 Å². The molecule has 1 aromatic carbocycles. The average molecular weight is 577 g/mol. The first-order chi connectivity index (χ1) is 20.9. The van der Waals surface area contributed by atoms with Crippen LogP contribution in [0.5, 0.6) is 0 Å². The second-order valence-corrected chi connectivity index (χ2v) is 11.5. The number of benzene rings is 1. The topological polar surface area (TPSA) is 129 Å². The summed E-state index contributed by atoms with van der Waals surface area (Å²) in [5.74, 6) is 0.186. The molecule has 1 atom stereocenters. The molecule has 0 amide bonds. The molecule has 10 nitrogen and oxygen atoms in total. The standard InChI is InChI=1S/C32H33FN10/c1-42(2)18-25(34)21-10-20(11-23(33)12-21)24-15-36-16-28-29(24)39-32(38-28)31-30-27(40-41-31)6-5-26(37-30)22-9-19(13-35-14-22)17-43-7-3-4-8-43/h5-6,9-16,25H,3-4,7-8,17-18,34H2,1-2H3,(H,38,39)(H,40,41). The Bertz CT molecular complexity index is 1920. The van der Waals surface area contributed by atoms with Crippen molar-refractivity contribution in [3.8, 4) is 33.9 Å². The largest absolute Gasteiger partial charge is 0.335 e. The lowest BCUT2D eigenvalue weighted by Crippen LogP contribution is -2.26. The van der Waals surface area contributed by atoms with Crippen LogP contribution in [-0.2, 0) is 6.54 Å². The molecule has 6 aromatic rings. The minimum absolute atomic E-state index is 0.335. The number of nitrogens with zero attached hydrogens (tertiary/aromatic N) is 7. The molecule has 0 spiro atoms. The summed E-state index contributed by atoms with van der Waals surface area (Å²) in [6.45, 7) is 3.75. The molecule has 1 fully saturated rings. The van der Waals surface area contributed by atoms with Crippen LogP contribution in [0, 0.1) is 5.82 Å². The molecule has 4 N–H and O–H groups in total. The van der Waals surface area contributed by atoms with E-state index in [0.29, 0.717) is 51.3 Å². The van der Waals surface area contributed by atoms with E-state index < -0.39 is 0 Å². The zero-order chi connectivity index (χ0) is 29.5. The predicted molar refractivity (Wildman–Crippen MR) is 165 cm³/mol. The lowest BCUT2D eigenvalue weighted by Gasteiger charge is -2.18. The van der Waals surface area contributed by atoms with Gasteiger partial charge in [0.15, 0.2) is 11.5 Å². The number of H-pyrrole nitrogens is 2. The van der Waals surface area contributed by atoms with E-state index in [0.717, 1.165) is 36.4 Å². The average Bonchev–Trinajstić information content (AvgIpc) is 3.76. The fraction of sp³-hybridized carbons (Fsp3) is 0.281. The number of hydrogen-bond donors (Lipinski definition) is 3. The van der Waals surface area contributed by atoms with Crippen molar-refractivity contribution in [3.05, 3.63) is 78.1 Å². The maximum absolute atomic E-state index is 14.8. The molecule has 1 aliphatic heterocycles. The minimum Gasteiger partial charge on any atom is -0.335 e. The van der Waals surface area contributed by atoms with Gasteiger partial charge in [-0.2, -0.15) is 5.10 Å². The number of aromatic amines is 2. The number of nitrogens with two attached hydrogens (primary N) is 1. The van der Waals surface area contributed by atoms with E-state index in [2.05, 4.69) is 36.1 Å². The minimum atomic E-state index is -0.358. The first-order valence-electron chi connectivity index (χ1n) is 14.5. The van der Waals surface area contributed by atoms with Gasteiger partial charge in [-0.05, 0) is 93.1 Å². The highest BCUT2D eigenvalue weighted by Gasteiger charge is 2.19. The van der Waals surface area contributed by atoms with E-state index in [1.54, 1.807) is 12.4 Å². The fourth-order valence-electron chi connectivity index (χ4n) is 5.87. The third-order valence-electron chi connectivity index (χ3n) is 7.94. The number of hydrogen-bond acceptors (Lipinski definition) is 8. The molecular weight excluding hydrogens is 543 g/mol. The van der Waals surface area contributed by atoms with Gasteiger partial charge in [-0.1, -0.05) is 0 Å². The number of aromatic nitrogens is 7. The molecule has 0 bridgehead atoms. The van der Waals surface area contributed by atoms with E-state index >= 15 is 0 Å². The normalized spacial score (nSPS) is 14.8. The van der Waals surface area contributed by atoms with Crippen LogP contribution >= 0.6 is 0 Å². The molecule has 7 rings (SSSR count). The Morgan fingerprint density at radius 3 is 2.60 bits per heavy atom. The van der Waals surface area contributed by atoms with E-state index in [-0.39, 0.29) is 11.9 Å². The molecule has 218 valence electrons. The quantitative estimate of drug-likeness (QED) is 0.233. The zero-order valence-corrected chi connectivity index (χ0v) is 24.2. The monoisotopic (exact) mass is 576 g/mol. The summed E-state index contributed by atoms with van der Waals surface area (Å²) in [7, 11) is 3.88. The molecule has 0 radical (unpaired) electrons. The van der Waals surface area contributed by atoms with E-state index in [1.165, 1.54) is 30.5 Å². The summed E-state index contributed by atoms with van der Waals surface area (Å²) in [5, 5.41) is 7.64. The molecule has 1 saturated heterocycles. The maximum Gasteiger partial charge on any atom is 0.161 e. The summed E-state index contributed by atoms with van der Waals surface area (Å²) in [4.78, 5) is 26.6. The highest BCUT2D eigenvalue weighted by molar-refractivity contribution is 5.95. The van der Waals surface area contributed by atoms with Gasteiger partial charge in [0.25, 0.3) is 0 Å². The van der Waals surface area contributed by atoms with Gasteiger partial charge in [0.2, 0.25) is 0 Å². The number of nitrogens with one attached hydrogen (secondary N) is 2. The van der Waals surface area contributed by atoms with Crippen LogP contribution in [0.3, 0.4) is 0 Å². The Kier molecular flexibility index (Phi) is 7.13. The van der Waals surface area contributed by atoms with Gasteiger partial charge in [0, 0.05) is 48.8 Å². The lowest BCUT2D eigenvalue weighted by atomic mass is 9.99. The van der Waals surface area contributed by atoms with Gasteiger partial charge >= 0.3 is 0 Å². The highest BCUT2D eigenvalue weighted by Crippen LogP contribution is 2.33.